The third kappa shape index (κ3) is 2.01. The number of nitrogens with zero attached hydrogens (tertiary/aromatic N) is 2. The number of aromatic nitrogens is 1. The van der Waals surface area contributed by atoms with Crippen molar-refractivity contribution in [3.05, 3.63) is 34.2 Å². The van der Waals surface area contributed by atoms with E-state index in [1.807, 2.05) is 0 Å². The summed E-state index contributed by atoms with van der Waals surface area (Å²) < 4.78 is 1.24. The maximum absolute atomic E-state index is 12.2. The summed E-state index contributed by atoms with van der Waals surface area (Å²) in [5.74, 6) is -1.40. The number of carboxylic acid groups (broad SMARTS) is 1. The van der Waals surface area contributed by atoms with Crippen molar-refractivity contribution >= 4 is 11.9 Å². The summed E-state index contributed by atoms with van der Waals surface area (Å²) in [6.45, 7) is 0.416. The van der Waals surface area contributed by atoms with Gasteiger partial charge < -0.3 is 14.6 Å². The summed E-state index contributed by atoms with van der Waals surface area (Å²) in [5, 5.41) is 9.04. The fourth-order valence-electron chi connectivity index (χ4n) is 2.19. The average Bonchev–Trinajstić information content (AvgIpc) is 2.81. The van der Waals surface area contributed by atoms with Gasteiger partial charge in [-0.05, 0) is 18.9 Å². The SMILES string of the molecule is Cn1c(C(=O)N2CCC[C@@H]2C(=O)O)cccc1=O. The number of aliphatic carboxylic acids is 1. The van der Waals surface area contributed by atoms with E-state index in [1.54, 1.807) is 0 Å². The topological polar surface area (TPSA) is 79.6 Å². The highest BCUT2D eigenvalue weighted by Gasteiger charge is 2.35. The smallest absolute Gasteiger partial charge is 0.326 e. The molecule has 6 heteroatoms. The maximum atomic E-state index is 12.2. The van der Waals surface area contributed by atoms with Crippen molar-refractivity contribution in [3.8, 4) is 0 Å². The molecule has 96 valence electrons. The number of pyridine rings is 1. The minimum absolute atomic E-state index is 0.218. The number of amides is 1. The maximum Gasteiger partial charge on any atom is 0.326 e. The van der Waals surface area contributed by atoms with Crippen molar-refractivity contribution in [1.82, 2.24) is 9.47 Å². The lowest BCUT2D eigenvalue weighted by molar-refractivity contribution is -0.141. The molecule has 1 fully saturated rings. The van der Waals surface area contributed by atoms with Gasteiger partial charge in [0.05, 0.1) is 0 Å². The molecule has 2 rings (SSSR count). The molecule has 0 saturated carbocycles. The molecule has 18 heavy (non-hydrogen) atoms. The molecule has 0 spiro atoms. The van der Waals surface area contributed by atoms with E-state index in [1.165, 1.54) is 34.7 Å². The molecule has 1 aromatic rings. The summed E-state index contributed by atoms with van der Waals surface area (Å²) in [5.41, 5.74) is -0.0671. The van der Waals surface area contributed by atoms with Crippen LogP contribution in [0.4, 0.5) is 0 Å². The van der Waals surface area contributed by atoms with Gasteiger partial charge in [-0.15, -0.1) is 0 Å². The van der Waals surface area contributed by atoms with Crippen LogP contribution in [-0.4, -0.2) is 39.0 Å². The van der Waals surface area contributed by atoms with Crippen LogP contribution in [0.3, 0.4) is 0 Å². The summed E-state index contributed by atoms with van der Waals surface area (Å²) in [4.78, 5) is 36.0. The van der Waals surface area contributed by atoms with Gasteiger partial charge in [-0.3, -0.25) is 9.59 Å². The van der Waals surface area contributed by atoms with Crippen molar-refractivity contribution in [3.63, 3.8) is 0 Å². The number of likely N-dealkylation sites (tertiary alicyclic amines) is 1. The Labute approximate surface area is 103 Å². The minimum Gasteiger partial charge on any atom is -0.480 e. The molecule has 1 aromatic heterocycles. The molecule has 6 nitrogen and oxygen atoms in total. The molecule has 1 atom stereocenters. The van der Waals surface area contributed by atoms with Crippen LogP contribution in [0.1, 0.15) is 23.3 Å². The first-order chi connectivity index (χ1) is 8.52. The van der Waals surface area contributed by atoms with Crippen LogP contribution in [0, 0.1) is 0 Å². The molecule has 1 amide bonds. The Morgan fingerprint density at radius 1 is 1.39 bits per heavy atom. The zero-order valence-electron chi connectivity index (χ0n) is 10.00. The summed E-state index contributed by atoms with van der Waals surface area (Å²) in [6, 6.07) is 3.60. The molecule has 0 bridgehead atoms. The summed E-state index contributed by atoms with van der Waals surface area (Å²) in [6.07, 6.45) is 1.13. The predicted molar refractivity (Wildman–Crippen MR) is 63.4 cm³/mol. The van der Waals surface area contributed by atoms with E-state index in [2.05, 4.69) is 0 Å². The van der Waals surface area contributed by atoms with Crippen molar-refractivity contribution in [1.29, 1.82) is 0 Å². The van der Waals surface area contributed by atoms with Gasteiger partial charge in [0.15, 0.2) is 0 Å². The Balaban J connectivity index is 2.34. The highest BCUT2D eigenvalue weighted by Crippen LogP contribution is 2.19. The van der Waals surface area contributed by atoms with Crippen molar-refractivity contribution in [2.24, 2.45) is 7.05 Å². The average molecular weight is 250 g/mol. The van der Waals surface area contributed by atoms with Crippen LogP contribution in [0.25, 0.3) is 0 Å². The Hall–Kier alpha value is -2.11. The third-order valence-corrected chi connectivity index (χ3v) is 3.20. The van der Waals surface area contributed by atoms with Crippen molar-refractivity contribution in [2.45, 2.75) is 18.9 Å². The van der Waals surface area contributed by atoms with Gasteiger partial charge in [0.25, 0.3) is 11.5 Å². The molecule has 0 unspecified atom stereocenters. The lowest BCUT2D eigenvalue weighted by Gasteiger charge is -2.22. The second-order valence-corrected chi connectivity index (χ2v) is 4.30. The first kappa shape index (κ1) is 12.3. The first-order valence-electron chi connectivity index (χ1n) is 5.72. The second-order valence-electron chi connectivity index (χ2n) is 4.30. The number of carboxylic acids is 1. The summed E-state index contributed by atoms with van der Waals surface area (Å²) >= 11 is 0. The number of carbonyl (C=O) groups excluding carboxylic acids is 1. The normalized spacial score (nSPS) is 18.9. The van der Waals surface area contributed by atoms with Gasteiger partial charge in [0.1, 0.15) is 11.7 Å². The van der Waals surface area contributed by atoms with Crippen LogP contribution in [0.5, 0.6) is 0 Å². The van der Waals surface area contributed by atoms with Crippen LogP contribution < -0.4 is 5.56 Å². The molecule has 2 heterocycles. The predicted octanol–water partition coefficient (Wildman–Crippen LogP) is 0.0745. The molecular formula is C12H14N2O4. The van der Waals surface area contributed by atoms with E-state index < -0.39 is 17.9 Å². The van der Waals surface area contributed by atoms with Gasteiger partial charge in [-0.1, -0.05) is 6.07 Å². The zero-order valence-corrected chi connectivity index (χ0v) is 10.00. The monoisotopic (exact) mass is 250 g/mol. The van der Waals surface area contributed by atoms with E-state index in [4.69, 9.17) is 5.11 Å². The van der Waals surface area contributed by atoms with Gasteiger partial charge in [0, 0.05) is 19.7 Å². The van der Waals surface area contributed by atoms with Crippen LogP contribution in [0.15, 0.2) is 23.0 Å². The van der Waals surface area contributed by atoms with E-state index in [0.29, 0.717) is 19.4 Å². The van der Waals surface area contributed by atoms with E-state index in [9.17, 15) is 14.4 Å². The largest absolute Gasteiger partial charge is 0.480 e. The molecule has 1 saturated heterocycles. The fourth-order valence-corrected chi connectivity index (χ4v) is 2.19. The van der Waals surface area contributed by atoms with E-state index in [0.717, 1.165) is 0 Å². The van der Waals surface area contributed by atoms with Crippen molar-refractivity contribution < 1.29 is 14.7 Å². The van der Waals surface area contributed by atoms with Gasteiger partial charge in [0.2, 0.25) is 0 Å². The summed E-state index contributed by atoms with van der Waals surface area (Å²) in [7, 11) is 1.50. The number of hydrogen-bond acceptors (Lipinski definition) is 3. The lowest BCUT2D eigenvalue weighted by Crippen LogP contribution is -2.42. The number of hydrogen-bond donors (Lipinski definition) is 1. The first-order valence-corrected chi connectivity index (χ1v) is 5.72. The quantitative estimate of drug-likeness (QED) is 0.805. The molecule has 1 aliphatic rings. The van der Waals surface area contributed by atoms with Crippen molar-refractivity contribution in [2.75, 3.05) is 6.54 Å². The van der Waals surface area contributed by atoms with Crippen LogP contribution in [-0.2, 0) is 11.8 Å². The van der Waals surface area contributed by atoms with E-state index >= 15 is 0 Å². The zero-order chi connectivity index (χ0) is 13.3. The third-order valence-electron chi connectivity index (χ3n) is 3.20. The Morgan fingerprint density at radius 3 is 2.78 bits per heavy atom. The number of carbonyl (C=O) groups is 2. The molecule has 1 aliphatic heterocycles. The fraction of sp³-hybridized carbons (Fsp3) is 0.417. The van der Waals surface area contributed by atoms with Crippen LogP contribution >= 0.6 is 0 Å². The molecular weight excluding hydrogens is 236 g/mol. The second kappa shape index (κ2) is 4.64. The van der Waals surface area contributed by atoms with Crippen LogP contribution in [0.2, 0.25) is 0 Å². The Morgan fingerprint density at radius 2 is 2.11 bits per heavy atom. The molecule has 0 aromatic carbocycles. The lowest BCUT2D eigenvalue weighted by atomic mass is 10.2. The standard InChI is InChI=1S/C12H14N2O4/c1-13-8(4-2-6-10(13)15)11(16)14-7-3-5-9(14)12(17)18/h2,4,6,9H,3,5,7H2,1H3,(H,17,18)/t9-/m1/s1. The number of rotatable bonds is 2. The minimum atomic E-state index is -0.998. The molecule has 0 aliphatic carbocycles. The van der Waals surface area contributed by atoms with Gasteiger partial charge in [-0.2, -0.15) is 0 Å². The molecule has 0 radical (unpaired) electrons. The Kier molecular flexibility index (Phi) is 3.18. The van der Waals surface area contributed by atoms with Gasteiger partial charge >= 0.3 is 5.97 Å². The Bertz CT molecular complexity index is 549. The van der Waals surface area contributed by atoms with Gasteiger partial charge in [-0.25, -0.2) is 4.79 Å². The molecule has 1 N–H and O–H groups in total. The van der Waals surface area contributed by atoms with E-state index in [-0.39, 0.29) is 11.3 Å². The highest BCUT2D eigenvalue weighted by atomic mass is 16.4. The highest BCUT2D eigenvalue weighted by molar-refractivity contribution is 5.95.